The summed E-state index contributed by atoms with van der Waals surface area (Å²) in [5, 5.41) is 13.5. The van der Waals surface area contributed by atoms with Crippen LogP contribution < -0.4 is 0 Å². The van der Waals surface area contributed by atoms with Gasteiger partial charge in [-0.3, -0.25) is 0 Å². The van der Waals surface area contributed by atoms with E-state index in [1.54, 1.807) is 18.3 Å². The van der Waals surface area contributed by atoms with E-state index in [0.717, 1.165) is 21.8 Å². The number of carbonyl (C=O) groups is 1. The van der Waals surface area contributed by atoms with Crippen LogP contribution in [0, 0.1) is 6.92 Å². The zero-order chi connectivity index (χ0) is 15.5. The summed E-state index contributed by atoms with van der Waals surface area (Å²) >= 11 is 1.60. The topological polar surface area (TPSA) is 80.8 Å². The van der Waals surface area contributed by atoms with Crippen LogP contribution in [0.1, 0.15) is 22.4 Å². The number of thiazole rings is 1. The molecule has 0 radical (unpaired) electrons. The Labute approximate surface area is 131 Å². The van der Waals surface area contributed by atoms with Crippen molar-refractivity contribution in [3.05, 3.63) is 40.3 Å². The number of aromatic amines is 1. The highest BCUT2D eigenvalue weighted by Crippen LogP contribution is 2.27. The molecule has 0 bridgehead atoms. The predicted molar refractivity (Wildman–Crippen MR) is 83.6 cm³/mol. The molecule has 0 aliphatic carbocycles. The maximum absolute atomic E-state index is 11.9. The van der Waals surface area contributed by atoms with Crippen molar-refractivity contribution in [3.8, 4) is 22.5 Å². The summed E-state index contributed by atoms with van der Waals surface area (Å²) in [6, 6.07) is 7.70. The van der Waals surface area contributed by atoms with Crippen LogP contribution in [0.3, 0.4) is 0 Å². The molecule has 2 heterocycles. The van der Waals surface area contributed by atoms with E-state index in [1.807, 2.05) is 36.6 Å². The van der Waals surface area contributed by atoms with Crippen molar-refractivity contribution >= 4 is 17.3 Å². The fourth-order valence-corrected chi connectivity index (χ4v) is 2.72. The van der Waals surface area contributed by atoms with E-state index >= 15 is 0 Å². The van der Waals surface area contributed by atoms with E-state index in [-0.39, 0.29) is 5.69 Å². The fourth-order valence-electron chi connectivity index (χ4n) is 2.10. The van der Waals surface area contributed by atoms with Crippen LogP contribution >= 0.6 is 11.3 Å². The highest BCUT2D eigenvalue weighted by Gasteiger charge is 2.19. The predicted octanol–water partition coefficient (Wildman–Crippen LogP) is 3.08. The van der Waals surface area contributed by atoms with Crippen LogP contribution in [0.4, 0.5) is 0 Å². The molecule has 1 aromatic carbocycles. The lowest BCUT2D eigenvalue weighted by atomic mass is 10.1. The highest BCUT2D eigenvalue weighted by atomic mass is 32.1. The van der Waals surface area contributed by atoms with Gasteiger partial charge >= 0.3 is 5.97 Å². The average Bonchev–Trinajstić information content (AvgIpc) is 3.16. The third-order valence-electron chi connectivity index (χ3n) is 3.07. The molecule has 0 unspecified atom stereocenters. The first kappa shape index (κ1) is 14.4. The SMILES string of the molecule is CCOC(=O)c1n[nH]nc1-c1cccc(-c2csc(C)n2)c1. The number of nitrogens with zero attached hydrogens (tertiary/aromatic N) is 3. The van der Waals surface area contributed by atoms with Crippen molar-refractivity contribution in [1.29, 1.82) is 0 Å². The fraction of sp³-hybridized carbons (Fsp3) is 0.200. The molecular weight excluding hydrogens is 300 g/mol. The summed E-state index contributed by atoms with van der Waals surface area (Å²) < 4.78 is 4.99. The third kappa shape index (κ3) is 2.75. The first-order chi connectivity index (χ1) is 10.7. The van der Waals surface area contributed by atoms with Crippen molar-refractivity contribution in [1.82, 2.24) is 20.4 Å². The van der Waals surface area contributed by atoms with Crippen molar-refractivity contribution in [2.75, 3.05) is 6.61 Å². The third-order valence-corrected chi connectivity index (χ3v) is 3.84. The van der Waals surface area contributed by atoms with Crippen LogP contribution in [-0.2, 0) is 4.74 Å². The van der Waals surface area contributed by atoms with Crippen LogP contribution in [0.2, 0.25) is 0 Å². The second-order valence-corrected chi connectivity index (χ2v) is 5.64. The smallest absolute Gasteiger partial charge is 0.361 e. The molecule has 112 valence electrons. The number of benzene rings is 1. The van der Waals surface area contributed by atoms with E-state index in [9.17, 15) is 4.79 Å². The number of esters is 1. The Morgan fingerprint density at radius 3 is 2.86 bits per heavy atom. The number of aromatic nitrogens is 4. The van der Waals surface area contributed by atoms with Gasteiger partial charge in [-0.05, 0) is 19.9 Å². The minimum atomic E-state index is -0.485. The Morgan fingerprint density at radius 2 is 2.14 bits per heavy atom. The van der Waals surface area contributed by atoms with Gasteiger partial charge < -0.3 is 4.74 Å². The number of ether oxygens (including phenoxy) is 1. The standard InChI is InChI=1S/C15H14N4O2S/c1-3-21-15(20)14-13(17-19-18-14)11-6-4-5-10(7-11)12-8-22-9(2)16-12/h4-8H,3H2,1-2H3,(H,17,18,19). The van der Waals surface area contributed by atoms with E-state index in [4.69, 9.17) is 4.74 Å². The van der Waals surface area contributed by atoms with Gasteiger partial charge in [0, 0.05) is 16.5 Å². The Hall–Kier alpha value is -2.54. The van der Waals surface area contributed by atoms with Gasteiger partial charge in [0.2, 0.25) is 0 Å². The lowest BCUT2D eigenvalue weighted by Crippen LogP contribution is -2.06. The zero-order valence-corrected chi connectivity index (χ0v) is 13.0. The summed E-state index contributed by atoms with van der Waals surface area (Å²) in [6.07, 6.45) is 0. The van der Waals surface area contributed by atoms with Crippen molar-refractivity contribution in [2.45, 2.75) is 13.8 Å². The summed E-state index contributed by atoms with van der Waals surface area (Å²) in [5.41, 5.74) is 3.34. The normalized spacial score (nSPS) is 10.6. The minimum Gasteiger partial charge on any atom is -0.461 e. The molecule has 0 amide bonds. The summed E-state index contributed by atoms with van der Waals surface area (Å²) in [6.45, 7) is 4.01. The first-order valence-corrected chi connectivity index (χ1v) is 7.68. The number of carbonyl (C=O) groups excluding carboxylic acids is 1. The van der Waals surface area contributed by atoms with Crippen molar-refractivity contribution in [2.24, 2.45) is 0 Å². The Bertz CT molecular complexity index is 809. The molecule has 0 atom stereocenters. The van der Waals surface area contributed by atoms with Gasteiger partial charge in [0.15, 0.2) is 5.69 Å². The molecule has 0 saturated heterocycles. The van der Waals surface area contributed by atoms with Crippen LogP contribution in [0.25, 0.3) is 22.5 Å². The Kier molecular flexibility index (Phi) is 3.97. The van der Waals surface area contributed by atoms with Gasteiger partial charge in [-0.1, -0.05) is 18.2 Å². The van der Waals surface area contributed by atoms with Gasteiger partial charge in [-0.25, -0.2) is 9.78 Å². The molecule has 3 rings (SSSR count). The zero-order valence-electron chi connectivity index (χ0n) is 12.2. The summed E-state index contributed by atoms with van der Waals surface area (Å²) in [7, 11) is 0. The van der Waals surface area contributed by atoms with Crippen LogP contribution in [0.15, 0.2) is 29.6 Å². The lowest BCUT2D eigenvalue weighted by Gasteiger charge is -2.03. The second-order valence-electron chi connectivity index (χ2n) is 4.57. The molecule has 7 heteroatoms. The second kappa shape index (κ2) is 6.07. The number of nitrogens with one attached hydrogen (secondary N) is 1. The van der Waals surface area contributed by atoms with Gasteiger partial charge in [0.1, 0.15) is 5.69 Å². The molecule has 0 spiro atoms. The molecule has 0 saturated carbocycles. The minimum absolute atomic E-state index is 0.188. The number of rotatable bonds is 4. The van der Waals surface area contributed by atoms with Crippen molar-refractivity contribution in [3.63, 3.8) is 0 Å². The molecular formula is C15H14N4O2S. The molecule has 2 aromatic heterocycles. The number of aryl methyl sites for hydroxylation is 1. The molecule has 0 aliphatic heterocycles. The number of H-pyrrole nitrogens is 1. The van der Waals surface area contributed by atoms with Gasteiger partial charge in [0.05, 0.1) is 17.3 Å². The molecule has 22 heavy (non-hydrogen) atoms. The van der Waals surface area contributed by atoms with Crippen LogP contribution in [-0.4, -0.2) is 33.0 Å². The Morgan fingerprint density at radius 1 is 1.32 bits per heavy atom. The van der Waals surface area contributed by atoms with E-state index in [2.05, 4.69) is 20.4 Å². The monoisotopic (exact) mass is 314 g/mol. The van der Waals surface area contributed by atoms with Crippen LogP contribution in [0.5, 0.6) is 0 Å². The largest absolute Gasteiger partial charge is 0.461 e. The van der Waals surface area contributed by atoms with E-state index in [0.29, 0.717) is 12.3 Å². The molecule has 0 fully saturated rings. The van der Waals surface area contributed by atoms with E-state index < -0.39 is 5.97 Å². The quantitative estimate of drug-likeness (QED) is 0.748. The van der Waals surface area contributed by atoms with Crippen molar-refractivity contribution < 1.29 is 9.53 Å². The molecule has 3 aromatic rings. The molecule has 6 nitrogen and oxygen atoms in total. The molecule has 1 N–H and O–H groups in total. The average molecular weight is 314 g/mol. The van der Waals surface area contributed by atoms with Gasteiger partial charge in [0.25, 0.3) is 0 Å². The maximum atomic E-state index is 11.9. The van der Waals surface area contributed by atoms with Gasteiger partial charge in [-0.15, -0.1) is 16.4 Å². The first-order valence-electron chi connectivity index (χ1n) is 6.80. The lowest BCUT2D eigenvalue weighted by molar-refractivity contribution is 0.0520. The van der Waals surface area contributed by atoms with E-state index in [1.165, 1.54) is 0 Å². The molecule has 0 aliphatic rings. The summed E-state index contributed by atoms with van der Waals surface area (Å²) in [5.74, 6) is -0.485. The highest BCUT2D eigenvalue weighted by molar-refractivity contribution is 7.09. The number of hydrogen-bond acceptors (Lipinski definition) is 6. The maximum Gasteiger partial charge on any atom is 0.361 e. The van der Waals surface area contributed by atoms with Gasteiger partial charge in [-0.2, -0.15) is 10.3 Å². The number of hydrogen-bond donors (Lipinski definition) is 1. The summed E-state index contributed by atoms with van der Waals surface area (Å²) in [4.78, 5) is 16.4. The Balaban J connectivity index is 2.00.